The maximum absolute atomic E-state index is 11.7. The minimum absolute atomic E-state index is 0.117. The summed E-state index contributed by atoms with van der Waals surface area (Å²) < 4.78 is 0. The Bertz CT molecular complexity index is 405. The first-order valence-electron chi connectivity index (χ1n) is 5.81. The molecule has 0 aliphatic rings. The maximum atomic E-state index is 11.7. The predicted octanol–water partition coefficient (Wildman–Crippen LogP) is 2.69. The van der Waals surface area contributed by atoms with Crippen LogP contribution >= 0.6 is 0 Å². The van der Waals surface area contributed by atoms with E-state index >= 15 is 0 Å². The van der Waals surface area contributed by atoms with Crippen LogP contribution in [0.2, 0.25) is 0 Å². The zero-order chi connectivity index (χ0) is 13.1. The highest BCUT2D eigenvalue weighted by molar-refractivity contribution is 5.78. The van der Waals surface area contributed by atoms with Gasteiger partial charge in [-0.3, -0.25) is 9.63 Å². The molecule has 1 aromatic rings. The summed E-state index contributed by atoms with van der Waals surface area (Å²) in [6.07, 6.45) is 0.351. The summed E-state index contributed by atoms with van der Waals surface area (Å²) in [5, 5.41) is 0. The fourth-order valence-electron chi connectivity index (χ4n) is 1.41. The lowest BCUT2D eigenvalue weighted by Gasteiger charge is -2.19. The number of benzene rings is 1. The fraction of sp³-hybridized carbons (Fsp3) is 0.500. The average Bonchev–Trinajstić information content (AvgIpc) is 2.20. The highest BCUT2D eigenvalue weighted by atomic mass is 16.7. The molecule has 3 nitrogen and oxygen atoms in total. The molecule has 0 spiro atoms. The molecule has 1 N–H and O–H groups in total. The Morgan fingerprint density at radius 2 is 1.94 bits per heavy atom. The molecule has 3 heteroatoms. The number of carbonyl (C=O) groups excluding carboxylic acids is 1. The molecule has 0 aromatic heterocycles. The van der Waals surface area contributed by atoms with Crippen molar-refractivity contribution in [1.29, 1.82) is 0 Å². The van der Waals surface area contributed by atoms with Gasteiger partial charge in [-0.1, -0.05) is 23.8 Å². The monoisotopic (exact) mass is 235 g/mol. The Kier molecular flexibility index (Phi) is 4.29. The number of hydrogen-bond donors (Lipinski definition) is 1. The third-order valence-corrected chi connectivity index (χ3v) is 2.33. The van der Waals surface area contributed by atoms with Crippen LogP contribution in [0.4, 0.5) is 0 Å². The maximum Gasteiger partial charge on any atom is 0.247 e. The van der Waals surface area contributed by atoms with Crippen LogP contribution in [0.3, 0.4) is 0 Å². The molecular weight excluding hydrogens is 214 g/mol. The van der Waals surface area contributed by atoms with Crippen molar-refractivity contribution in [2.45, 2.75) is 46.6 Å². The Hall–Kier alpha value is -1.35. The number of nitrogens with one attached hydrogen (secondary N) is 1. The topological polar surface area (TPSA) is 38.3 Å². The predicted molar refractivity (Wildman–Crippen MR) is 68.6 cm³/mol. The van der Waals surface area contributed by atoms with E-state index < -0.39 is 0 Å². The molecule has 0 unspecified atom stereocenters. The molecule has 0 saturated carbocycles. The molecule has 0 saturated heterocycles. The van der Waals surface area contributed by atoms with Gasteiger partial charge in [0.2, 0.25) is 5.91 Å². The van der Waals surface area contributed by atoms with Gasteiger partial charge in [0.1, 0.15) is 0 Å². The minimum atomic E-state index is -0.364. The molecule has 1 aromatic carbocycles. The van der Waals surface area contributed by atoms with Crippen LogP contribution in [0.5, 0.6) is 0 Å². The van der Waals surface area contributed by atoms with Crippen LogP contribution < -0.4 is 5.48 Å². The van der Waals surface area contributed by atoms with Crippen molar-refractivity contribution >= 4 is 5.91 Å². The number of aryl methyl sites for hydroxylation is 2. The lowest BCUT2D eigenvalue weighted by Crippen LogP contribution is -2.34. The molecule has 0 aliphatic carbocycles. The van der Waals surface area contributed by atoms with E-state index in [1.54, 1.807) is 0 Å². The van der Waals surface area contributed by atoms with Gasteiger partial charge in [-0.05, 0) is 45.7 Å². The van der Waals surface area contributed by atoms with E-state index in [0.29, 0.717) is 6.42 Å². The standard InChI is InChI=1S/C14H21NO2/c1-10-6-7-11(2)12(8-10)9-13(16)15-17-14(3,4)5/h6-8H,9H2,1-5H3,(H,15,16). The van der Waals surface area contributed by atoms with Crippen molar-refractivity contribution in [2.75, 3.05) is 0 Å². The van der Waals surface area contributed by atoms with Gasteiger partial charge in [0.05, 0.1) is 12.0 Å². The summed E-state index contributed by atoms with van der Waals surface area (Å²) in [4.78, 5) is 16.9. The van der Waals surface area contributed by atoms with Crippen LogP contribution in [-0.4, -0.2) is 11.5 Å². The van der Waals surface area contributed by atoms with E-state index in [4.69, 9.17) is 4.84 Å². The smallest absolute Gasteiger partial charge is 0.247 e. The van der Waals surface area contributed by atoms with Crippen LogP contribution in [0.1, 0.15) is 37.5 Å². The fourth-order valence-corrected chi connectivity index (χ4v) is 1.41. The molecule has 17 heavy (non-hydrogen) atoms. The number of hydroxylamine groups is 1. The summed E-state index contributed by atoms with van der Waals surface area (Å²) in [6.45, 7) is 9.71. The first-order chi connectivity index (χ1) is 7.78. The van der Waals surface area contributed by atoms with Gasteiger partial charge in [-0.2, -0.15) is 0 Å². The number of hydrogen-bond acceptors (Lipinski definition) is 2. The molecule has 0 fully saturated rings. The molecule has 0 atom stereocenters. The van der Waals surface area contributed by atoms with Gasteiger partial charge in [-0.15, -0.1) is 0 Å². The molecule has 1 rings (SSSR count). The van der Waals surface area contributed by atoms with E-state index in [0.717, 1.165) is 16.7 Å². The lowest BCUT2D eigenvalue weighted by atomic mass is 10.0. The van der Waals surface area contributed by atoms with Gasteiger partial charge < -0.3 is 0 Å². The first-order valence-corrected chi connectivity index (χ1v) is 5.81. The Morgan fingerprint density at radius 3 is 2.53 bits per heavy atom. The molecule has 0 aliphatic heterocycles. The van der Waals surface area contributed by atoms with Gasteiger partial charge in [-0.25, -0.2) is 5.48 Å². The Balaban J connectivity index is 2.59. The van der Waals surface area contributed by atoms with E-state index in [9.17, 15) is 4.79 Å². The van der Waals surface area contributed by atoms with Crippen molar-refractivity contribution in [3.63, 3.8) is 0 Å². The third-order valence-electron chi connectivity index (χ3n) is 2.33. The Morgan fingerprint density at radius 1 is 1.29 bits per heavy atom. The molecule has 0 heterocycles. The number of rotatable bonds is 3. The van der Waals surface area contributed by atoms with Gasteiger partial charge >= 0.3 is 0 Å². The van der Waals surface area contributed by atoms with E-state index in [2.05, 4.69) is 5.48 Å². The van der Waals surface area contributed by atoms with E-state index in [1.807, 2.05) is 52.8 Å². The molecule has 0 bridgehead atoms. The van der Waals surface area contributed by atoms with Gasteiger partial charge in [0.15, 0.2) is 0 Å². The van der Waals surface area contributed by atoms with Gasteiger partial charge in [0.25, 0.3) is 0 Å². The van der Waals surface area contributed by atoms with Crippen molar-refractivity contribution in [2.24, 2.45) is 0 Å². The van der Waals surface area contributed by atoms with Crippen molar-refractivity contribution in [1.82, 2.24) is 5.48 Å². The highest BCUT2D eigenvalue weighted by Crippen LogP contribution is 2.11. The largest absolute Gasteiger partial charge is 0.272 e. The third kappa shape index (κ3) is 5.00. The van der Waals surface area contributed by atoms with Crippen LogP contribution in [-0.2, 0) is 16.1 Å². The number of amides is 1. The lowest BCUT2D eigenvalue weighted by molar-refractivity contribution is -0.144. The Labute approximate surface area is 103 Å². The second-order valence-electron chi connectivity index (χ2n) is 5.35. The second-order valence-corrected chi connectivity index (χ2v) is 5.35. The summed E-state index contributed by atoms with van der Waals surface area (Å²) >= 11 is 0. The number of carbonyl (C=O) groups is 1. The summed E-state index contributed by atoms with van der Waals surface area (Å²) in [5.41, 5.74) is 5.45. The SMILES string of the molecule is Cc1ccc(C)c(CC(=O)NOC(C)(C)C)c1. The van der Waals surface area contributed by atoms with Crippen LogP contribution in [0.15, 0.2) is 18.2 Å². The van der Waals surface area contributed by atoms with E-state index in [-0.39, 0.29) is 11.5 Å². The summed E-state index contributed by atoms with van der Waals surface area (Å²) in [7, 11) is 0. The highest BCUT2D eigenvalue weighted by Gasteiger charge is 2.13. The minimum Gasteiger partial charge on any atom is -0.272 e. The normalized spacial score (nSPS) is 11.4. The summed E-state index contributed by atoms with van der Waals surface area (Å²) in [5.74, 6) is -0.117. The summed E-state index contributed by atoms with van der Waals surface area (Å²) in [6, 6.07) is 6.11. The quantitative estimate of drug-likeness (QED) is 0.818. The van der Waals surface area contributed by atoms with Crippen LogP contribution in [0.25, 0.3) is 0 Å². The average molecular weight is 235 g/mol. The van der Waals surface area contributed by atoms with Crippen molar-refractivity contribution < 1.29 is 9.63 Å². The molecule has 1 amide bonds. The zero-order valence-electron chi connectivity index (χ0n) is 11.3. The second kappa shape index (κ2) is 5.32. The first kappa shape index (κ1) is 13.7. The zero-order valence-corrected chi connectivity index (χ0v) is 11.3. The van der Waals surface area contributed by atoms with Gasteiger partial charge in [0, 0.05) is 0 Å². The molecular formula is C14H21NO2. The van der Waals surface area contributed by atoms with Crippen LogP contribution in [0, 0.1) is 13.8 Å². The van der Waals surface area contributed by atoms with E-state index in [1.165, 1.54) is 0 Å². The molecule has 94 valence electrons. The van der Waals surface area contributed by atoms with Crippen molar-refractivity contribution in [3.05, 3.63) is 34.9 Å². The molecule has 0 radical (unpaired) electrons. The van der Waals surface area contributed by atoms with Crippen molar-refractivity contribution in [3.8, 4) is 0 Å².